The molecule has 1 aromatic carbocycles. The summed E-state index contributed by atoms with van der Waals surface area (Å²) in [5.41, 5.74) is 0.565. The van der Waals surface area contributed by atoms with Crippen LogP contribution in [0.15, 0.2) is 18.2 Å². The van der Waals surface area contributed by atoms with E-state index in [0.29, 0.717) is 31.7 Å². The molecular formula is C14H19NO5. The average molecular weight is 281 g/mol. The highest BCUT2D eigenvalue weighted by molar-refractivity contribution is 5.94. The maximum atomic E-state index is 11.7. The minimum atomic E-state index is -1.07. The topological polar surface area (TPSA) is 84.9 Å². The van der Waals surface area contributed by atoms with Crippen LogP contribution in [-0.2, 0) is 9.53 Å². The van der Waals surface area contributed by atoms with Crippen molar-refractivity contribution in [3.63, 3.8) is 0 Å². The molecule has 110 valence electrons. The number of aromatic carboxylic acids is 1. The van der Waals surface area contributed by atoms with E-state index in [-0.39, 0.29) is 17.2 Å². The van der Waals surface area contributed by atoms with Gasteiger partial charge in [0.15, 0.2) is 0 Å². The van der Waals surface area contributed by atoms with Crippen molar-refractivity contribution in [2.24, 2.45) is 0 Å². The van der Waals surface area contributed by atoms with E-state index in [1.165, 1.54) is 25.3 Å². The fraction of sp³-hybridized carbons (Fsp3) is 0.429. The molecule has 1 amide bonds. The molecule has 0 radical (unpaired) electrons. The van der Waals surface area contributed by atoms with Crippen LogP contribution in [-0.4, -0.2) is 37.3 Å². The van der Waals surface area contributed by atoms with Crippen LogP contribution in [0.4, 0.5) is 5.69 Å². The second-order valence-electron chi connectivity index (χ2n) is 4.07. The molecule has 1 aromatic rings. The second kappa shape index (κ2) is 8.16. The van der Waals surface area contributed by atoms with Gasteiger partial charge in [0.05, 0.1) is 7.11 Å². The Bertz CT molecular complexity index is 473. The van der Waals surface area contributed by atoms with E-state index in [9.17, 15) is 9.59 Å². The number of rotatable bonds is 8. The molecule has 6 nitrogen and oxygen atoms in total. The Balaban J connectivity index is 2.59. The van der Waals surface area contributed by atoms with E-state index in [1.54, 1.807) is 0 Å². The van der Waals surface area contributed by atoms with E-state index in [0.717, 1.165) is 0 Å². The van der Waals surface area contributed by atoms with E-state index in [4.69, 9.17) is 14.6 Å². The first-order valence-corrected chi connectivity index (χ1v) is 6.37. The van der Waals surface area contributed by atoms with Crippen molar-refractivity contribution in [3.05, 3.63) is 23.8 Å². The summed E-state index contributed by atoms with van der Waals surface area (Å²) in [6, 6.07) is 4.42. The van der Waals surface area contributed by atoms with Gasteiger partial charge in [-0.05, 0) is 25.5 Å². The Labute approximate surface area is 117 Å². The summed E-state index contributed by atoms with van der Waals surface area (Å²) in [7, 11) is 1.38. The van der Waals surface area contributed by atoms with Crippen molar-refractivity contribution >= 4 is 17.6 Å². The minimum Gasteiger partial charge on any atom is -0.496 e. The highest BCUT2D eigenvalue weighted by Crippen LogP contribution is 2.23. The van der Waals surface area contributed by atoms with Crippen LogP contribution in [0.5, 0.6) is 5.75 Å². The smallest absolute Gasteiger partial charge is 0.339 e. The number of benzene rings is 1. The molecule has 0 aliphatic rings. The Morgan fingerprint density at radius 2 is 2.10 bits per heavy atom. The molecule has 0 aliphatic carbocycles. The fourth-order valence-electron chi connectivity index (χ4n) is 1.65. The van der Waals surface area contributed by atoms with Gasteiger partial charge in [-0.15, -0.1) is 0 Å². The zero-order valence-electron chi connectivity index (χ0n) is 11.6. The van der Waals surface area contributed by atoms with Gasteiger partial charge in [-0.25, -0.2) is 4.79 Å². The number of carbonyl (C=O) groups excluding carboxylic acids is 1. The van der Waals surface area contributed by atoms with Gasteiger partial charge in [0.25, 0.3) is 0 Å². The molecule has 2 N–H and O–H groups in total. The molecule has 6 heteroatoms. The lowest BCUT2D eigenvalue weighted by Crippen LogP contribution is -2.12. The normalized spacial score (nSPS) is 10.1. The summed E-state index contributed by atoms with van der Waals surface area (Å²) in [6.45, 7) is 3.08. The zero-order valence-corrected chi connectivity index (χ0v) is 11.6. The Kier molecular flexibility index (Phi) is 6.52. The maximum Gasteiger partial charge on any atom is 0.339 e. The van der Waals surface area contributed by atoms with Gasteiger partial charge in [0.2, 0.25) is 5.91 Å². The molecule has 0 saturated heterocycles. The van der Waals surface area contributed by atoms with Gasteiger partial charge >= 0.3 is 5.97 Å². The third kappa shape index (κ3) is 4.89. The third-order valence-electron chi connectivity index (χ3n) is 2.61. The van der Waals surface area contributed by atoms with Gasteiger partial charge in [-0.2, -0.15) is 0 Å². The van der Waals surface area contributed by atoms with E-state index in [1.807, 2.05) is 6.92 Å². The van der Waals surface area contributed by atoms with Crippen LogP contribution >= 0.6 is 0 Å². The zero-order chi connectivity index (χ0) is 15.0. The number of ether oxygens (including phenoxy) is 2. The minimum absolute atomic E-state index is 0.0573. The summed E-state index contributed by atoms with van der Waals surface area (Å²) in [5.74, 6) is -1.00. The molecule has 20 heavy (non-hydrogen) atoms. The molecule has 0 atom stereocenters. The number of carbonyl (C=O) groups is 2. The molecule has 0 spiro atoms. The molecule has 0 heterocycles. The predicted octanol–water partition coefficient (Wildman–Crippen LogP) is 2.15. The summed E-state index contributed by atoms with van der Waals surface area (Å²) < 4.78 is 10.1. The van der Waals surface area contributed by atoms with Gasteiger partial charge in [0.1, 0.15) is 11.3 Å². The van der Waals surface area contributed by atoms with Crippen molar-refractivity contribution in [1.82, 2.24) is 0 Å². The molecule has 0 bridgehead atoms. The van der Waals surface area contributed by atoms with Crippen LogP contribution < -0.4 is 10.1 Å². The van der Waals surface area contributed by atoms with Crippen LogP contribution in [0, 0.1) is 0 Å². The lowest BCUT2D eigenvalue weighted by molar-refractivity contribution is -0.116. The number of amides is 1. The number of nitrogens with one attached hydrogen (secondary N) is 1. The van der Waals surface area contributed by atoms with E-state index in [2.05, 4.69) is 5.32 Å². The number of carboxylic acid groups (broad SMARTS) is 1. The van der Waals surface area contributed by atoms with Gasteiger partial charge < -0.3 is 19.9 Å². The lowest BCUT2D eigenvalue weighted by Gasteiger charge is -2.09. The Hall–Kier alpha value is -2.08. The third-order valence-corrected chi connectivity index (χ3v) is 2.61. The summed E-state index contributed by atoms with van der Waals surface area (Å²) in [5, 5.41) is 11.6. The molecule has 0 aliphatic heterocycles. The molecule has 0 unspecified atom stereocenters. The quantitative estimate of drug-likeness (QED) is 0.713. The molecular weight excluding hydrogens is 262 g/mol. The Morgan fingerprint density at radius 3 is 2.70 bits per heavy atom. The molecule has 0 saturated carbocycles. The van der Waals surface area contributed by atoms with Crippen LogP contribution in [0.25, 0.3) is 0 Å². The SMILES string of the molecule is CCOCCCC(=O)Nc1ccc(C(=O)O)c(OC)c1. The largest absolute Gasteiger partial charge is 0.496 e. The molecule has 1 rings (SSSR count). The first-order valence-electron chi connectivity index (χ1n) is 6.37. The fourth-order valence-corrected chi connectivity index (χ4v) is 1.65. The summed E-state index contributed by atoms with van der Waals surface area (Å²) >= 11 is 0. The number of hydrogen-bond acceptors (Lipinski definition) is 4. The first kappa shape index (κ1) is 16.0. The van der Waals surface area contributed by atoms with Crippen molar-refractivity contribution in [2.75, 3.05) is 25.6 Å². The standard InChI is InChI=1S/C14H19NO5/c1-3-20-8-4-5-13(16)15-10-6-7-11(14(17)18)12(9-10)19-2/h6-7,9H,3-5,8H2,1-2H3,(H,15,16)(H,17,18). The Morgan fingerprint density at radius 1 is 1.35 bits per heavy atom. The van der Waals surface area contributed by atoms with Gasteiger partial charge in [0, 0.05) is 31.4 Å². The van der Waals surface area contributed by atoms with Gasteiger partial charge in [-0.1, -0.05) is 0 Å². The molecule has 0 aromatic heterocycles. The second-order valence-corrected chi connectivity index (χ2v) is 4.07. The predicted molar refractivity (Wildman–Crippen MR) is 74.3 cm³/mol. The van der Waals surface area contributed by atoms with Crippen LogP contribution in [0.3, 0.4) is 0 Å². The number of anilines is 1. The van der Waals surface area contributed by atoms with Gasteiger partial charge in [-0.3, -0.25) is 4.79 Å². The van der Waals surface area contributed by atoms with Crippen molar-refractivity contribution < 1.29 is 24.2 Å². The van der Waals surface area contributed by atoms with E-state index >= 15 is 0 Å². The van der Waals surface area contributed by atoms with Crippen molar-refractivity contribution in [1.29, 1.82) is 0 Å². The highest BCUT2D eigenvalue weighted by Gasteiger charge is 2.12. The molecule has 0 fully saturated rings. The van der Waals surface area contributed by atoms with E-state index < -0.39 is 5.97 Å². The number of hydrogen-bond donors (Lipinski definition) is 2. The first-order chi connectivity index (χ1) is 9.58. The highest BCUT2D eigenvalue weighted by atomic mass is 16.5. The number of carboxylic acids is 1. The number of methoxy groups -OCH3 is 1. The lowest BCUT2D eigenvalue weighted by atomic mass is 10.1. The van der Waals surface area contributed by atoms with Crippen molar-refractivity contribution in [3.8, 4) is 5.75 Å². The van der Waals surface area contributed by atoms with Crippen LogP contribution in [0.1, 0.15) is 30.1 Å². The average Bonchev–Trinajstić information content (AvgIpc) is 2.43. The summed E-state index contributed by atoms with van der Waals surface area (Å²) in [6.07, 6.45) is 0.993. The summed E-state index contributed by atoms with van der Waals surface area (Å²) in [4.78, 5) is 22.6. The van der Waals surface area contributed by atoms with Crippen molar-refractivity contribution in [2.45, 2.75) is 19.8 Å². The van der Waals surface area contributed by atoms with Crippen LogP contribution in [0.2, 0.25) is 0 Å². The maximum absolute atomic E-state index is 11.7. The monoisotopic (exact) mass is 281 g/mol.